The van der Waals surface area contributed by atoms with E-state index in [1.54, 1.807) is 0 Å². The number of nitrogens with zero attached hydrogens (tertiary/aromatic N) is 1. The van der Waals surface area contributed by atoms with Gasteiger partial charge in [0.25, 0.3) is 11.8 Å². The number of carbonyl (C=O) groups excluding carboxylic acids is 2. The molecule has 2 aliphatic heterocycles. The highest BCUT2D eigenvalue weighted by Gasteiger charge is 2.53. The second kappa shape index (κ2) is 2.55. The van der Waals surface area contributed by atoms with Gasteiger partial charge >= 0.3 is 0 Å². The Kier molecular flexibility index (Phi) is 1.52. The summed E-state index contributed by atoms with van der Waals surface area (Å²) in [6, 6.07) is -0.0672. The lowest BCUT2D eigenvalue weighted by Gasteiger charge is -2.30. The van der Waals surface area contributed by atoms with Crippen LogP contribution in [0, 0.1) is 0 Å². The smallest absolute Gasteiger partial charge is 0.258 e. The molecule has 2 heterocycles. The van der Waals surface area contributed by atoms with Crippen molar-refractivity contribution in [3.63, 3.8) is 0 Å². The lowest BCUT2D eigenvalue weighted by molar-refractivity contribution is -0.169. The van der Waals surface area contributed by atoms with Crippen molar-refractivity contribution in [2.24, 2.45) is 5.73 Å². The zero-order valence-corrected chi connectivity index (χ0v) is 7.68. The molecule has 0 aromatic heterocycles. The average molecular weight is 196 g/mol. The highest BCUT2D eigenvalue weighted by atomic mass is 16.5. The van der Waals surface area contributed by atoms with E-state index in [-0.39, 0.29) is 36.1 Å². The minimum absolute atomic E-state index is 0.0135. The Morgan fingerprint density at radius 1 is 1.21 bits per heavy atom. The first-order valence-electron chi connectivity index (χ1n) is 4.96. The van der Waals surface area contributed by atoms with E-state index in [0.29, 0.717) is 12.8 Å². The monoisotopic (exact) mass is 196 g/mol. The molecule has 3 aliphatic rings. The van der Waals surface area contributed by atoms with Gasteiger partial charge in [-0.3, -0.25) is 14.5 Å². The molecular formula is C9H12N2O3. The van der Waals surface area contributed by atoms with Gasteiger partial charge in [0.1, 0.15) is 12.2 Å². The predicted octanol–water partition coefficient (Wildman–Crippen LogP) is -0.998. The molecule has 1 saturated carbocycles. The van der Waals surface area contributed by atoms with E-state index >= 15 is 0 Å². The molecule has 4 unspecified atom stereocenters. The first-order valence-corrected chi connectivity index (χ1v) is 4.96. The Balaban J connectivity index is 1.89. The number of morpholine rings is 1. The lowest BCUT2D eigenvalue weighted by Crippen LogP contribution is -2.53. The Labute approximate surface area is 81.2 Å². The van der Waals surface area contributed by atoms with Crippen LogP contribution in [0.2, 0.25) is 0 Å². The van der Waals surface area contributed by atoms with Gasteiger partial charge in [-0.05, 0) is 19.3 Å². The van der Waals surface area contributed by atoms with Gasteiger partial charge in [0, 0.05) is 6.04 Å². The number of fused-ring (bicyclic) bond motifs is 2. The molecule has 2 bridgehead atoms. The van der Waals surface area contributed by atoms with Gasteiger partial charge < -0.3 is 10.5 Å². The topological polar surface area (TPSA) is 72.6 Å². The standard InChI is InChI=1S/C9H12N2O3/c10-4-3-5(4)11-8(12)6-1-2-7(14-6)9(11)13/h4-7H,1-3,10H2. The quantitative estimate of drug-likeness (QED) is 0.546. The van der Waals surface area contributed by atoms with Crippen LogP contribution in [0.25, 0.3) is 0 Å². The van der Waals surface area contributed by atoms with Crippen LogP contribution in [-0.4, -0.2) is 41.0 Å². The van der Waals surface area contributed by atoms with Crippen molar-refractivity contribution in [3.8, 4) is 0 Å². The minimum atomic E-state index is -0.384. The van der Waals surface area contributed by atoms with Crippen molar-refractivity contribution in [3.05, 3.63) is 0 Å². The third-order valence-electron chi connectivity index (χ3n) is 3.18. The van der Waals surface area contributed by atoms with Gasteiger partial charge in [0.05, 0.1) is 6.04 Å². The molecule has 5 heteroatoms. The molecular weight excluding hydrogens is 184 g/mol. The van der Waals surface area contributed by atoms with Gasteiger partial charge in [0.2, 0.25) is 0 Å². The molecule has 0 aromatic carbocycles. The fraction of sp³-hybridized carbons (Fsp3) is 0.778. The molecule has 1 aliphatic carbocycles. The van der Waals surface area contributed by atoms with Crippen molar-refractivity contribution < 1.29 is 14.3 Å². The number of rotatable bonds is 1. The van der Waals surface area contributed by atoms with E-state index in [1.165, 1.54) is 4.90 Å². The molecule has 2 N–H and O–H groups in total. The van der Waals surface area contributed by atoms with Crippen LogP contribution in [0.15, 0.2) is 0 Å². The number of hydrogen-bond donors (Lipinski definition) is 1. The molecule has 2 amide bonds. The highest BCUT2D eigenvalue weighted by Crippen LogP contribution is 2.35. The van der Waals surface area contributed by atoms with Crippen molar-refractivity contribution in [1.82, 2.24) is 4.90 Å². The van der Waals surface area contributed by atoms with Gasteiger partial charge in [-0.1, -0.05) is 0 Å². The number of likely N-dealkylation sites (tertiary alicyclic amines) is 1. The summed E-state index contributed by atoms with van der Waals surface area (Å²) in [7, 11) is 0. The lowest BCUT2D eigenvalue weighted by atomic mass is 10.2. The summed E-state index contributed by atoms with van der Waals surface area (Å²) in [6.45, 7) is 0. The highest BCUT2D eigenvalue weighted by molar-refractivity contribution is 6.03. The molecule has 4 atom stereocenters. The molecule has 2 saturated heterocycles. The Hall–Kier alpha value is -0.940. The maximum Gasteiger partial charge on any atom is 0.258 e. The molecule has 0 radical (unpaired) electrons. The maximum atomic E-state index is 11.7. The van der Waals surface area contributed by atoms with E-state index in [2.05, 4.69) is 0 Å². The van der Waals surface area contributed by atoms with Crippen LogP contribution in [0.3, 0.4) is 0 Å². The van der Waals surface area contributed by atoms with Crippen LogP contribution < -0.4 is 5.73 Å². The third-order valence-corrected chi connectivity index (χ3v) is 3.18. The van der Waals surface area contributed by atoms with Crippen molar-refractivity contribution >= 4 is 11.8 Å². The zero-order valence-electron chi connectivity index (χ0n) is 7.68. The van der Waals surface area contributed by atoms with Crippen LogP contribution >= 0.6 is 0 Å². The minimum Gasteiger partial charge on any atom is -0.355 e. The molecule has 14 heavy (non-hydrogen) atoms. The van der Waals surface area contributed by atoms with Gasteiger partial charge in [0.15, 0.2) is 0 Å². The molecule has 0 aromatic rings. The molecule has 0 spiro atoms. The molecule has 76 valence electrons. The van der Waals surface area contributed by atoms with Gasteiger partial charge in [-0.2, -0.15) is 0 Å². The molecule has 3 rings (SSSR count). The maximum absolute atomic E-state index is 11.7. The van der Waals surface area contributed by atoms with E-state index in [9.17, 15) is 9.59 Å². The fourth-order valence-corrected chi connectivity index (χ4v) is 2.24. The van der Waals surface area contributed by atoms with E-state index in [1.807, 2.05) is 0 Å². The number of nitrogens with two attached hydrogens (primary N) is 1. The first kappa shape index (κ1) is 8.38. The number of ether oxygens (including phenoxy) is 1. The Morgan fingerprint density at radius 3 is 2.14 bits per heavy atom. The third kappa shape index (κ3) is 0.965. The average Bonchev–Trinajstić information content (AvgIpc) is 2.70. The summed E-state index contributed by atoms with van der Waals surface area (Å²) in [4.78, 5) is 24.8. The van der Waals surface area contributed by atoms with Crippen LogP contribution in [-0.2, 0) is 14.3 Å². The molecule has 3 fully saturated rings. The number of carbonyl (C=O) groups is 2. The van der Waals surface area contributed by atoms with Gasteiger partial charge in [-0.25, -0.2) is 0 Å². The van der Waals surface area contributed by atoms with Crippen molar-refractivity contribution in [2.75, 3.05) is 0 Å². The first-order chi connectivity index (χ1) is 6.68. The van der Waals surface area contributed by atoms with Gasteiger partial charge in [-0.15, -0.1) is 0 Å². The summed E-state index contributed by atoms with van der Waals surface area (Å²) in [5, 5.41) is 0. The normalized spacial score (nSPS) is 45.9. The van der Waals surface area contributed by atoms with E-state index < -0.39 is 0 Å². The van der Waals surface area contributed by atoms with E-state index in [0.717, 1.165) is 6.42 Å². The largest absolute Gasteiger partial charge is 0.355 e. The molecule has 5 nitrogen and oxygen atoms in total. The van der Waals surface area contributed by atoms with Crippen LogP contribution in [0.5, 0.6) is 0 Å². The second-order valence-corrected chi connectivity index (χ2v) is 4.20. The zero-order chi connectivity index (χ0) is 9.87. The van der Waals surface area contributed by atoms with Crippen LogP contribution in [0.4, 0.5) is 0 Å². The van der Waals surface area contributed by atoms with Crippen molar-refractivity contribution in [1.29, 1.82) is 0 Å². The second-order valence-electron chi connectivity index (χ2n) is 4.20. The summed E-state index contributed by atoms with van der Waals surface area (Å²) in [6.07, 6.45) is 1.33. The SMILES string of the molecule is NC1CC1N1C(=O)C2CCC(O2)C1=O. The number of imide groups is 1. The number of amides is 2. The Bertz CT molecular complexity index is 295. The predicted molar refractivity (Wildman–Crippen MR) is 46.1 cm³/mol. The summed E-state index contributed by atoms with van der Waals surface area (Å²) in [5.74, 6) is -0.358. The summed E-state index contributed by atoms with van der Waals surface area (Å²) < 4.78 is 5.28. The van der Waals surface area contributed by atoms with E-state index in [4.69, 9.17) is 10.5 Å². The number of hydrogen-bond acceptors (Lipinski definition) is 4. The summed E-state index contributed by atoms with van der Waals surface area (Å²) in [5.41, 5.74) is 5.65. The van der Waals surface area contributed by atoms with Crippen molar-refractivity contribution in [2.45, 2.75) is 43.6 Å². The van der Waals surface area contributed by atoms with Crippen LogP contribution in [0.1, 0.15) is 19.3 Å². The summed E-state index contributed by atoms with van der Waals surface area (Å²) >= 11 is 0. The fourth-order valence-electron chi connectivity index (χ4n) is 2.24. The Morgan fingerprint density at radius 2 is 1.71 bits per heavy atom.